The molecular weight excluding hydrogens is 338 g/mol. The summed E-state index contributed by atoms with van der Waals surface area (Å²) in [6.07, 6.45) is 0.756. The lowest BCUT2D eigenvalue weighted by Gasteiger charge is -2.28. The number of nitrogens with two attached hydrogens (primary N) is 1. The monoisotopic (exact) mass is 351 g/mol. The molecule has 0 fully saturated rings. The quantitative estimate of drug-likeness (QED) is 0.561. The van der Waals surface area contributed by atoms with Gasteiger partial charge in [-0.3, -0.25) is 10.1 Å². The Morgan fingerprint density at radius 1 is 1.36 bits per heavy atom. The number of nitriles is 1. The van der Waals surface area contributed by atoms with Crippen LogP contribution >= 0.6 is 11.3 Å². The third-order valence-corrected chi connectivity index (χ3v) is 5.43. The van der Waals surface area contributed by atoms with E-state index < -0.39 is 4.92 Å². The molecule has 0 aliphatic carbocycles. The van der Waals surface area contributed by atoms with E-state index in [1.807, 2.05) is 12.1 Å². The molecule has 1 aliphatic rings. The van der Waals surface area contributed by atoms with Gasteiger partial charge in [0.25, 0.3) is 5.69 Å². The van der Waals surface area contributed by atoms with Crippen molar-refractivity contribution in [2.45, 2.75) is 13.0 Å². The van der Waals surface area contributed by atoms with Crippen molar-refractivity contribution in [2.75, 3.05) is 17.2 Å². The Morgan fingerprint density at radius 2 is 2.20 bits per heavy atom. The van der Waals surface area contributed by atoms with Gasteiger partial charge in [0, 0.05) is 28.9 Å². The highest BCUT2D eigenvalue weighted by molar-refractivity contribution is 7.16. The number of thiophene rings is 1. The molecule has 3 heterocycles. The van der Waals surface area contributed by atoms with Crippen molar-refractivity contribution in [2.24, 2.45) is 0 Å². The number of hydrogen-bond donors (Lipinski definition) is 1. The summed E-state index contributed by atoms with van der Waals surface area (Å²) in [7, 11) is 0. The summed E-state index contributed by atoms with van der Waals surface area (Å²) < 4.78 is 0. The molecule has 0 saturated carbocycles. The average Bonchev–Trinajstić information content (AvgIpc) is 2.94. The Labute approximate surface area is 147 Å². The molecule has 124 valence electrons. The maximum absolute atomic E-state index is 10.9. The Kier molecular flexibility index (Phi) is 3.51. The van der Waals surface area contributed by atoms with Crippen LogP contribution in [0.3, 0.4) is 0 Å². The minimum absolute atomic E-state index is 0.0581. The zero-order chi connectivity index (χ0) is 17.6. The first-order chi connectivity index (χ1) is 12.1. The largest absolute Gasteiger partial charge is 0.389 e. The molecule has 2 aromatic heterocycles. The predicted molar refractivity (Wildman–Crippen MR) is 96.6 cm³/mol. The molecule has 0 spiro atoms. The molecule has 0 saturated heterocycles. The van der Waals surface area contributed by atoms with Gasteiger partial charge < -0.3 is 10.6 Å². The van der Waals surface area contributed by atoms with Crippen molar-refractivity contribution in [3.63, 3.8) is 0 Å². The SMILES string of the molecule is N#Cc1c(N)sc2c1CCN(c1ccc3cc([N+](=O)[O-])ccc3n1)C2. The van der Waals surface area contributed by atoms with Gasteiger partial charge in [-0.25, -0.2) is 4.98 Å². The first kappa shape index (κ1) is 15.4. The van der Waals surface area contributed by atoms with Gasteiger partial charge in [0.05, 0.1) is 22.5 Å². The van der Waals surface area contributed by atoms with Crippen LogP contribution in [0.1, 0.15) is 16.0 Å². The maximum Gasteiger partial charge on any atom is 0.270 e. The van der Waals surface area contributed by atoms with Gasteiger partial charge in [-0.05, 0) is 30.2 Å². The van der Waals surface area contributed by atoms with Crippen LogP contribution in [-0.2, 0) is 13.0 Å². The zero-order valence-corrected chi connectivity index (χ0v) is 13.9. The Bertz CT molecular complexity index is 1050. The third-order valence-electron chi connectivity index (χ3n) is 4.39. The highest BCUT2D eigenvalue weighted by Crippen LogP contribution is 2.36. The normalized spacial score (nSPS) is 13.5. The van der Waals surface area contributed by atoms with E-state index in [1.54, 1.807) is 6.07 Å². The highest BCUT2D eigenvalue weighted by Gasteiger charge is 2.24. The average molecular weight is 351 g/mol. The van der Waals surface area contributed by atoms with Crippen LogP contribution in [0.5, 0.6) is 0 Å². The molecular formula is C17H13N5O2S. The second-order valence-corrected chi connectivity index (χ2v) is 6.97. The molecule has 3 aromatic rings. The van der Waals surface area contributed by atoms with Gasteiger partial charge in [0.2, 0.25) is 0 Å². The van der Waals surface area contributed by atoms with Gasteiger partial charge in [-0.15, -0.1) is 11.3 Å². The van der Waals surface area contributed by atoms with E-state index >= 15 is 0 Å². The van der Waals surface area contributed by atoms with Crippen molar-refractivity contribution in [1.82, 2.24) is 4.98 Å². The number of nitro benzene ring substituents is 1. The summed E-state index contributed by atoms with van der Waals surface area (Å²) in [6, 6.07) is 10.6. The van der Waals surface area contributed by atoms with Gasteiger partial charge in [-0.1, -0.05) is 0 Å². The zero-order valence-electron chi connectivity index (χ0n) is 13.1. The Balaban J connectivity index is 1.67. The summed E-state index contributed by atoms with van der Waals surface area (Å²) in [5.74, 6) is 0.817. The molecule has 1 aliphatic heterocycles. The van der Waals surface area contributed by atoms with E-state index in [4.69, 9.17) is 5.73 Å². The van der Waals surface area contributed by atoms with E-state index in [2.05, 4.69) is 16.0 Å². The number of nitrogens with zero attached hydrogens (tertiary/aromatic N) is 4. The van der Waals surface area contributed by atoms with Gasteiger partial charge in [0.1, 0.15) is 16.9 Å². The number of nitro groups is 1. The standard InChI is InChI=1S/C17H13N5O2S/c18-8-13-12-5-6-21(9-15(12)25-17(13)19)16-4-1-10-7-11(22(23)24)2-3-14(10)20-16/h1-4,7H,5-6,9,19H2. The van der Waals surface area contributed by atoms with Crippen molar-refractivity contribution < 1.29 is 4.92 Å². The summed E-state index contributed by atoms with van der Waals surface area (Å²) in [5, 5.41) is 21.4. The summed E-state index contributed by atoms with van der Waals surface area (Å²) in [5.41, 5.74) is 8.38. The van der Waals surface area contributed by atoms with Gasteiger partial charge in [0.15, 0.2) is 0 Å². The van der Waals surface area contributed by atoms with Crippen molar-refractivity contribution in [3.8, 4) is 6.07 Å². The van der Waals surface area contributed by atoms with Crippen LogP contribution in [0.15, 0.2) is 30.3 Å². The molecule has 0 amide bonds. The molecule has 2 N–H and O–H groups in total. The summed E-state index contributed by atoms with van der Waals surface area (Å²) in [4.78, 5) is 18.3. The molecule has 4 rings (SSSR count). The van der Waals surface area contributed by atoms with Crippen LogP contribution < -0.4 is 10.6 Å². The number of anilines is 2. The Morgan fingerprint density at radius 3 is 2.96 bits per heavy atom. The third kappa shape index (κ3) is 2.55. The highest BCUT2D eigenvalue weighted by atomic mass is 32.1. The van der Waals surface area contributed by atoms with Gasteiger partial charge in [-0.2, -0.15) is 5.26 Å². The number of benzene rings is 1. The molecule has 0 unspecified atom stereocenters. The smallest absolute Gasteiger partial charge is 0.270 e. The van der Waals surface area contributed by atoms with Crippen LogP contribution in [0.2, 0.25) is 0 Å². The number of nitrogen functional groups attached to an aromatic ring is 1. The first-order valence-corrected chi connectivity index (χ1v) is 8.48. The number of fused-ring (bicyclic) bond motifs is 2. The van der Waals surface area contributed by atoms with E-state index in [1.165, 1.54) is 23.5 Å². The number of non-ortho nitro benzene ring substituents is 1. The van der Waals surface area contributed by atoms with Crippen molar-refractivity contribution >= 4 is 38.7 Å². The maximum atomic E-state index is 10.9. The van der Waals surface area contributed by atoms with Crippen LogP contribution in [0, 0.1) is 21.4 Å². The molecule has 0 bridgehead atoms. The second-order valence-electron chi connectivity index (χ2n) is 5.83. The van der Waals surface area contributed by atoms with Crippen LogP contribution in [-0.4, -0.2) is 16.5 Å². The molecule has 1 aromatic carbocycles. The van der Waals surface area contributed by atoms with E-state index in [9.17, 15) is 15.4 Å². The van der Waals surface area contributed by atoms with E-state index in [-0.39, 0.29) is 5.69 Å². The predicted octanol–water partition coefficient (Wildman–Crippen LogP) is 3.22. The van der Waals surface area contributed by atoms with Crippen LogP contribution in [0.4, 0.5) is 16.5 Å². The second kappa shape index (κ2) is 5.72. The lowest BCUT2D eigenvalue weighted by molar-refractivity contribution is -0.384. The van der Waals surface area contributed by atoms with Crippen molar-refractivity contribution in [1.29, 1.82) is 5.26 Å². The molecule has 8 heteroatoms. The molecule has 0 atom stereocenters. The summed E-state index contributed by atoms with van der Waals surface area (Å²) >= 11 is 1.46. The Hall–Kier alpha value is -3.18. The lowest BCUT2D eigenvalue weighted by Crippen LogP contribution is -2.30. The first-order valence-electron chi connectivity index (χ1n) is 7.67. The number of aromatic nitrogens is 1. The fourth-order valence-electron chi connectivity index (χ4n) is 3.13. The topological polar surface area (TPSA) is 109 Å². The fraction of sp³-hybridized carbons (Fsp3) is 0.176. The lowest BCUT2D eigenvalue weighted by atomic mass is 10.0. The summed E-state index contributed by atoms with van der Waals surface area (Å²) in [6.45, 7) is 1.42. The van der Waals surface area contributed by atoms with Gasteiger partial charge >= 0.3 is 0 Å². The fourth-order valence-corrected chi connectivity index (χ4v) is 4.22. The van der Waals surface area contributed by atoms with Crippen molar-refractivity contribution in [3.05, 3.63) is 56.5 Å². The van der Waals surface area contributed by atoms with E-state index in [0.29, 0.717) is 17.1 Å². The number of pyridine rings is 1. The number of hydrogen-bond acceptors (Lipinski definition) is 7. The molecule has 0 radical (unpaired) electrons. The molecule has 7 nitrogen and oxygen atoms in total. The minimum atomic E-state index is -0.409. The van der Waals surface area contributed by atoms with Crippen LogP contribution in [0.25, 0.3) is 10.9 Å². The molecule has 25 heavy (non-hydrogen) atoms. The number of rotatable bonds is 2. The van der Waals surface area contributed by atoms with E-state index in [0.717, 1.165) is 40.1 Å². The minimum Gasteiger partial charge on any atom is -0.389 e.